The fraction of sp³-hybridized carbons (Fsp3) is 0.211. The van der Waals surface area contributed by atoms with Gasteiger partial charge in [0.05, 0.1) is 6.04 Å². The van der Waals surface area contributed by atoms with Gasteiger partial charge in [-0.2, -0.15) is 0 Å². The summed E-state index contributed by atoms with van der Waals surface area (Å²) in [4.78, 5) is 4.30. The lowest BCUT2D eigenvalue weighted by molar-refractivity contribution is 0.692. The second-order valence-corrected chi connectivity index (χ2v) is 5.53. The van der Waals surface area contributed by atoms with Crippen LogP contribution in [-0.4, -0.2) is 12.0 Å². The van der Waals surface area contributed by atoms with Crippen LogP contribution in [0.3, 0.4) is 0 Å². The highest BCUT2D eigenvalue weighted by atomic mass is 14.9. The van der Waals surface area contributed by atoms with Crippen LogP contribution in [0.4, 0.5) is 0 Å². The van der Waals surface area contributed by atoms with E-state index < -0.39 is 0 Å². The Kier molecular flexibility index (Phi) is 3.72. The number of benzene rings is 2. The first kappa shape index (κ1) is 13.8. The SMILES string of the molecule is CNC(c1cc(C)ccc1C)c1cccc2ccncc12. The second-order valence-electron chi connectivity index (χ2n) is 5.53. The molecule has 1 atom stereocenters. The fourth-order valence-corrected chi connectivity index (χ4v) is 2.94. The van der Waals surface area contributed by atoms with Crippen molar-refractivity contribution in [2.45, 2.75) is 19.9 Å². The molecule has 3 rings (SSSR count). The molecule has 1 unspecified atom stereocenters. The van der Waals surface area contributed by atoms with Gasteiger partial charge in [-0.1, -0.05) is 42.0 Å². The van der Waals surface area contributed by atoms with Crippen molar-refractivity contribution in [3.05, 3.63) is 77.1 Å². The summed E-state index contributed by atoms with van der Waals surface area (Å²) >= 11 is 0. The van der Waals surface area contributed by atoms with Crippen molar-refractivity contribution in [3.63, 3.8) is 0 Å². The molecule has 0 aliphatic rings. The van der Waals surface area contributed by atoms with Gasteiger partial charge in [0.15, 0.2) is 0 Å². The molecular formula is C19H20N2. The fourth-order valence-electron chi connectivity index (χ4n) is 2.94. The minimum Gasteiger partial charge on any atom is -0.309 e. The van der Waals surface area contributed by atoms with E-state index in [1.807, 2.05) is 19.4 Å². The topological polar surface area (TPSA) is 24.9 Å². The molecule has 0 aliphatic heterocycles. The number of aromatic nitrogens is 1. The van der Waals surface area contributed by atoms with Crippen LogP contribution in [0.2, 0.25) is 0 Å². The number of nitrogens with zero attached hydrogens (tertiary/aromatic N) is 1. The number of hydrogen-bond donors (Lipinski definition) is 1. The number of aryl methyl sites for hydroxylation is 2. The van der Waals surface area contributed by atoms with E-state index in [0.29, 0.717) is 0 Å². The van der Waals surface area contributed by atoms with Crippen LogP contribution in [0.15, 0.2) is 54.9 Å². The highest BCUT2D eigenvalue weighted by Gasteiger charge is 2.16. The Hall–Kier alpha value is -2.19. The molecule has 1 aromatic heterocycles. The molecule has 0 bridgehead atoms. The predicted octanol–water partition coefficient (Wildman–Crippen LogP) is 4.16. The van der Waals surface area contributed by atoms with E-state index in [1.165, 1.54) is 33.0 Å². The van der Waals surface area contributed by atoms with Gasteiger partial charge in [0.25, 0.3) is 0 Å². The molecule has 0 fully saturated rings. The molecule has 0 amide bonds. The number of pyridine rings is 1. The first-order valence-electron chi connectivity index (χ1n) is 7.28. The maximum Gasteiger partial charge on any atom is 0.0583 e. The van der Waals surface area contributed by atoms with Gasteiger partial charge >= 0.3 is 0 Å². The van der Waals surface area contributed by atoms with Gasteiger partial charge in [-0.25, -0.2) is 0 Å². The highest BCUT2D eigenvalue weighted by Crippen LogP contribution is 2.30. The largest absolute Gasteiger partial charge is 0.309 e. The third kappa shape index (κ3) is 2.55. The van der Waals surface area contributed by atoms with Crippen molar-refractivity contribution >= 4 is 10.8 Å². The number of hydrogen-bond acceptors (Lipinski definition) is 2. The molecule has 1 N–H and O–H groups in total. The average molecular weight is 276 g/mol. The predicted molar refractivity (Wildman–Crippen MR) is 88.6 cm³/mol. The van der Waals surface area contributed by atoms with Crippen molar-refractivity contribution in [3.8, 4) is 0 Å². The number of rotatable bonds is 3. The molecule has 2 heteroatoms. The van der Waals surface area contributed by atoms with Crippen LogP contribution in [0.5, 0.6) is 0 Å². The van der Waals surface area contributed by atoms with Crippen LogP contribution >= 0.6 is 0 Å². The summed E-state index contributed by atoms with van der Waals surface area (Å²) in [6.45, 7) is 4.31. The minimum atomic E-state index is 0.179. The number of fused-ring (bicyclic) bond motifs is 1. The Morgan fingerprint density at radius 3 is 2.67 bits per heavy atom. The molecule has 0 saturated carbocycles. The lowest BCUT2D eigenvalue weighted by atomic mass is 9.91. The Labute approximate surface area is 125 Å². The van der Waals surface area contributed by atoms with E-state index in [-0.39, 0.29) is 6.04 Å². The van der Waals surface area contributed by atoms with E-state index in [4.69, 9.17) is 0 Å². The zero-order valence-electron chi connectivity index (χ0n) is 12.7. The van der Waals surface area contributed by atoms with Gasteiger partial charge in [0, 0.05) is 17.8 Å². The number of nitrogens with one attached hydrogen (secondary N) is 1. The molecular weight excluding hydrogens is 256 g/mol. The van der Waals surface area contributed by atoms with Crippen molar-refractivity contribution in [1.29, 1.82) is 0 Å². The second kappa shape index (κ2) is 5.66. The van der Waals surface area contributed by atoms with Crippen molar-refractivity contribution < 1.29 is 0 Å². The molecule has 21 heavy (non-hydrogen) atoms. The quantitative estimate of drug-likeness (QED) is 0.777. The minimum absolute atomic E-state index is 0.179. The smallest absolute Gasteiger partial charge is 0.0583 e. The Balaban J connectivity index is 2.21. The van der Waals surface area contributed by atoms with Crippen LogP contribution in [-0.2, 0) is 0 Å². The van der Waals surface area contributed by atoms with Gasteiger partial charge in [0.1, 0.15) is 0 Å². The summed E-state index contributed by atoms with van der Waals surface area (Å²) in [5, 5.41) is 5.91. The van der Waals surface area contributed by atoms with Crippen LogP contribution in [0.1, 0.15) is 28.3 Å². The monoisotopic (exact) mass is 276 g/mol. The van der Waals surface area contributed by atoms with Crippen molar-refractivity contribution in [2.75, 3.05) is 7.05 Å². The van der Waals surface area contributed by atoms with Gasteiger partial charge in [-0.3, -0.25) is 4.98 Å². The summed E-state index contributed by atoms with van der Waals surface area (Å²) in [6.07, 6.45) is 3.80. The van der Waals surface area contributed by atoms with E-state index in [2.05, 4.69) is 66.6 Å². The molecule has 0 aliphatic carbocycles. The van der Waals surface area contributed by atoms with Gasteiger partial charge < -0.3 is 5.32 Å². The summed E-state index contributed by atoms with van der Waals surface area (Å²) in [5.41, 5.74) is 5.20. The lowest BCUT2D eigenvalue weighted by Gasteiger charge is -2.21. The summed E-state index contributed by atoms with van der Waals surface area (Å²) < 4.78 is 0. The molecule has 1 heterocycles. The third-order valence-corrected chi connectivity index (χ3v) is 4.06. The Morgan fingerprint density at radius 1 is 1.00 bits per heavy atom. The van der Waals surface area contributed by atoms with E-state index in [0.717, 1.165) is 0 Å². The van der Waals surface area contributed by atoms with Gasteiger partial charge in [-0.05, 0) is 49.0 Å². The molecule has 106 valence electrons. The maximum atomic E-state index is 4.30. The zero-order chi connectivity index (χ0) is 14.8. The lowest BCUT2D eigenvalue weighted by Crippen LogP contribution is -2.19. The molecule has 0 saturated heterocycles. The van der Waals surface area contributed by atoms with Gasteiger partial charge in [-0.15, -0.1) is 0 Å². The van der Waals surface area contributed by atoms with E-state index in [1.54, 1.807) is 0 Å². The molecule has 2 nitrogen and oxygen atoms in total. The maximum absolute atomic E-state index is 4.30. The first-order valence-corrected chi connectivity index (χ1v) is 7.28. The Morgan fingerprint density at radius 2 is 1.86 bits per heavy atom. The summed E-state index contributed by atoms with van der Waals surface area (Å²) in [5.74, 6) is 0. The zero-order valence-corrected chi connectivity index (χ0v) is 12.7. The normalized spacial score (nSPS) is 12.5. The van der Waals surface area contributed by atoms with E-state index >= 15 is 0 Å². The standard InChI is InChI=1S/C19H20N2/c1-13-7-8-14(2)17(11-13)19(20-3)16-6-4-5-15-9-10-21-12-18(15)16/h4-12,19-20H,1-3H3. The van der Waals surface area contributed by atoms with Crippen LogP contribution < -0.4 is 5.32 Å². The van der Waals surface area contributed by atoms with Crippen molar-refractivity contribution in [1.82, 2.24) is 10.3 Å². The van der Waals surface area contributed by atoms with Crippen LogP contribution in [0, 0.1) is 13.8 Å². The molecule has 3 aromatic rings. The first-order chi connectivity index (χ1) is 10.2. The molecule has 0 spiro atoms. The molecule has 2 aromatic carbocycles. The average Bonchev–Trinajstić information content (AvgIpc) is 2.51. The summed E-state index contributed by atoms with van der Waals surface area (Å²) in [7, 11) is 2.02. The Bertz CT molecular complexity index is 772. The van der Waals surface area contributed by atoms with Crippen molar-refractivity contribution in [2.24, 2.45) is 0 Å². The van der Waals surface area contributed by atoms with Gasteiger partial charge in [0.2, 0.25) is 0 Å². The third-order valence-electron chi connectivity index (χ3n) is 4.06. The van der Waals surface area contributed by atoms with E-state index in [9.17, 15) is 0 Å². The highest BCUT2D eigenvalue weighted by molar-refractivity contribution is 5.85. The summed E-state index contributed by atoms with van der Waals surface area (Å²) in [6, 6.07) is 15.3. The molecule has 0 radical (unpaired) electrons. The van der Waals surface area contributed by atoms with Crippen LogP contribution in [0.25, 0.3) is 10.8 Å².